The number of morpholine rings is 1. The minimum Gasteiger partial charge on any atom is -0.378 e. The average Bonchev–Trinajstić information content (AvgIpc) is 3.12. The van der Waals surface area contributed by atoms with Gasteiger partial charge in [-0.15, -0.1) is 0 Å². The Bertz CT molecular complexity index is 1040. The number of carbonyl (C=O) groups is 2. The number of hydrogen-bond acceptors (Lipinski definition) is 5. The predicted molar refractivity (Wildman–Crippen MR) is 114 cm³/mol. The molecule has 2 N–H and O–H groups in total. The number of aromatic nitrogens is 2. The Morgan fingerprint density at radius 2 is 1.80 bits per heavy atom. The van der Waals surface area contributed by atoms with Gasteiger partial charge >= 0.3 is 0 Å². The quantitative estimate of drug-likeness (QED) is 0.650. The molecule has 8 nitrogen and oxygen atoms in total. The lowest BCUT2D eigenvalue weighted by Crippen LogP contribution is -2.40. The molecule has 1 aliphatic heterocycles. The van der Waals surface area contributed by atoms with Gasteiger partial charge in [-0.05, 0) is 29.8 Å². The molecule has 1 fully saturated rings. The number of aryl methyl sites for hydroxylation is 1. The number of nitrogens with one attached hydrogen (secondary N) is 2. The molecule has 30 heavy (non-hydrogen) atoms. The second-order valence-electron chi connectivity index (χ2n) is 7.22. The number of para-hydroxylation sites is 1. The van der Waals surface area contributed by atoms with Gasteiger partial charge in [0.2, 0.25) is 5.91 Å². The molecule has 0 spiro atoms. The van der Waals surface area contributed by atoms with Crippen molar-refractivity contribution in [2.75, 3.05) is 38.2 Å². The smallest absolute Gasteiger partial charge is 0.254 e. The molecule has 3 aromatic rings. The van der Waals surface area contributed by atoms with Gasteiger partial charge in [-0.1, -0.05) is 24.3 Å². The van der Waals surface area contributed by atoms with Crippen LogP contribution in [0.2, 0.25) is 0 Å². The molecular weight excluding hydrogens is 382 g/mol. The summed E-state index contributed by atoms with van der Waals surface area (Å²) in [5.41, 5.74) is 2.59. The fourth-order valence-electron chi connectivity index (χ4n) is 3.49. The third-order valence-corrected chi connectivity index (χ3v) is 5.16. The Morgan fingerprint density at radius 1 is 1.07 bits per heavy atom. The number of amides is 2. The molecule has 8 heteroatoms. The fraction of sp³-hybridized carbons (Fsp3) is 0.318. The summed E-state index contributed by atoms with van der Waals surface area (Å²) in [7, 11) is 1.88. The van der Waals surface area contributed by atoms with Crippen molar-refractivity contribution >= 4 is 28.5 Å². The standard InChI is InChI=1S/C22H25N5O3/c1-26-19-5-3-2-4-18(19)21(25-26)24-15-20(28)23-14-16-6-8-17(9-7-16)22(29)27-10-12-30-13-11-27/h2-9H,10-15H2,1H3,(H,23,28)(H,24,25). The molecule has 4 rings (SSSR count). The summed E-state index contributed by atoms with van der Waals surface area (Å²) >= 11 is 0. The molecule has 0 radical (unpaired) electrons. The number of ether oxygens (including phenoxy) is 1. The predicted octanol–water partition coefficient (Wildman–Crippen LogP) is 1.77. The molecule has 0 bridgehead atoms. The SMILES string of the molecule is Cn1nc(NCC(=O)NCc2ccc(C(=O)N3CCOCC3)cc2)c2ccccc21. The molecule has 2 heterocycles. The number of nitrogens with zero attached hydrogens (tertiary/aromatic N) is 3. The summed E-state index contributed by atoms with van der Waals surface area (Å²) < 4.78 is 7.07. The van der Waals surface area contributed by atoms with E-state index in [1.54, 1.807) is 21.7 Å². The lowest BCUT2D eigenvalue weighted by atomic mass is 10.1. The van der Waals surface area contributed by atoms with Gasteiger partial charge in [-0.3, -0.25) is 14.3 Å². The van der Waals surface area contributed by atoms with E-state index in [-0.39, 0.29) is 18.4 Å². The molecule has 156 valence electrons. The molecule has 1 aliphatic rings. The van der Waals surface area contributed by atoms with Gasteiger partial charge in [0.15, 0.2) is 5.82 Å². The first-order valence-corrected chi connectivity index (χ1v) is 10.00. The van der Waals surface area contributed by atoms with E-state index in [1.165, 1.54) is 0 Å². The Balaban J connectivity index is 1.28. The van der Waals surface area contributed by atoms with Crippen LogP contribution >= 0.6 is 0 Å². The summed E-state index contributed by atoms with van der Waals surface area (Å²) in [5.74, 6) is 0.577. The summed E-state index contributed by atoms with van der Waals surface area (Å²) in [5, 5.41) is 11.4. The highest BCUT2D eigenvalue weighted by atomic mass is 16.5. The number of rotatable bonds is 6. The van der Waals surface area contributed by atoms with Crippen LogP contribution in [0.25, 0.3) is 10.9 Å². The van der Waals surface area contributed by atoms with Crippen molar-refractivity contribution in [1.29, 1.82) is 0 Å². The van der Waals surface area contributed by atoms with E-state index >= 15 is 0 Å². The Morgan fingerprint density at radius 3 is 2.57 bits per heavy atom. The first kappa shape index (κ1) is 19.9. The van der Waals surface area contributed by atoms with Crippen molar-refractivity contribution in [2.45, 2.75) is 6.54 Å². The van der Waals surface area contributed by atoms with Gasteiger partial charge in [0, 0.05) is 37.6 Å². The van der Waals surface area contributed by atoms with Gasteiger partial charge in [-0.25, -0.2) is 0 Å². The van der Waals surface area contributed by atoms with Crippen molar-refractivity contribution in [3.63, 3.8) is 0 Å². The summed E-state index contributed by atoms with van der Waals surface area (Å²) in [6, 6.07) is 15.2. The van der Waals surface area contributed by atoms with Gasteiger partial charge in [0.05, 0.1) is 25.3 Å². The number of benzene rings is 2. The van der Waals surface area contributed by atoms with Gasteiger partial charge in [0.25, 0.3) is 5.91 Å². The van der Waals surface area contributed by atoms with E-state index in [2.05, 4.69) is 15.7 Å². The molecule has 2 amide bonds. The second-order valence-corrected chi connectivity index (χ2v) is 7.22. The van der Waals surface area contributed by atoms with Gasteiger partial charge in [-0.2, -0.15) is 5.10 Å². The minimum absolute atomic E-state index is 0.0145. The third kappa shape index (κ3) is 4.44. The largest absolute Gasteiger partial charge is 0.378 e. The highest BCUT2D eigenvalue weighted by molar-refractivity contribution is 5.94. The zero-order valence-corrected chi connectivity index (χ0v) is 16.9. The van der Waals surface area contributed by atoms with E-state index in [1.807, 2.05) is 43.4 Å². The number of anilines is 1. The van der Waals surface area contributed by atoms with E-state index in [0.717, 1.165) is 16.5 Å². The van der Waals surface area contributed by atoms with Crippen LogP contribution in [0.5, 0.6) is 0 Å². The first-order valence-electron chi connectivity index (χ1n) is 10.00. The summed E-state index contributed by atoms with van der Waals surface area (Å²) in [6.07, 6.45) is 0. The van der Waals surface area contributed by atoms with E-state index < -0.39 is 0 Å². The second kappa shape index (κ2) is 8.96. The zero-order valence-electron chi connectivity index (χ0n) is 16.9. The lowest BCUT2D eigenvalue weighted by molar-refractivity contribution is -0.119. The third-order valence-electron chi connectivity index (χ3n) is 5.16. The van der Waals surface area contributed by atoms with E-state index in [0.29, 0.717) is 44.2 Å². The van der Waals surface area contributed by atoms with Crippen LogP contribution in [0.1, 0.15) is 15.9 Å². The van der Waals surface area contributed by atoms with Crippen molar-refractivity contribution < 1.29 is 14.3 Å². The molecule has 1 aromatic heterocycles. The number of fused-ring (bicyclic) bond motifs is 1. The van der Waals surface area contributed by atoms with Crippen LogP contribution in [0.4, 0.5) is 5.82 Å². The Kier molecular flexibility index (Phi) is 5.94. The molecule has 0 unspecified atom stereocenters. The van der Waals surface area contributed by atoms with Crippen LogP contribution in [-0.4, -0.2) is 59.3 Å². The van der Waals surface area contributed by atoms with Crippen LogP contribution in [0.3, 0.4) is 0 Å². The van der Waals surface area contributed by atoms with Crippen molar-refractivity contribution in [2.24, 2.45) is 7.05 Å². The van der Waals surface area contributed by atoms with Crippen molar-refractivity contribution in [3.8, 4) is 0 Å². The maximum Gasteiger partial charge on any atom is 0.254 e. The Labute approximate surface area is 174 Å². The van der Waals surface area contributed by atoms with Crippen LogP contribution < -0.4 is 10.6 Å². The van der Waals surface area contributed by atoms with Gasteiger partial charge in [0.1, 0.15) is 0 Å². The van der Waals surface area contributed by atoms with Crippen LogP contribution in [-0.2, 0) is 23.1 Å². The molecule has 0 aliphatic carbocycles. The fourth-order valence-corrected chi connectivity index (χ4v) is 3.49. The maximum absolute atomic E-state index is 12.5. The highest BCUT2D eigenvalue weighted by Crippen LogP contribution is 2.21. The number of hydrogen-bond donors (Lipinski definition) is 2. The normalized spacial score (nSPS) is 14.0. The van der Waals surface area contributed by atoms with Crippen LogP contribution in [0, 0.1) is 0 Å². The average molecular weight is 407 g/mol. The van der Waals surface area contributed by atoms with Crippen LogP contribution in [0.15, 0.2) is 48.5 Å². The maximum atomic E-state index is 12.5. The molecule has 2 aromatic carbocycles. The van der Waals surface area contributed by atoms with Gasteiger partial charge < -0.3 is 20.3 Å². The minimum atomic E-state index is -0.127. The first-order chi connectivity index (χ1) is 14.6. The van der Waals surface area contributed by atoms with E-state index in [9.17, 15) is 9.59 Å². The van der Waals surface area contributed by atoms with Crippen molar-refractivity contribution in [1.82, 2.24) is 20.0 Å². The lowest BCUT2D eigenvalue weighted by Gasteiger charge is -2.26. The molecule has 0 saturated carbocycles. The molecule has 1 saturated heterocycles. The highest BCUT2D eigenvalue weighted by Gasteiger charge is 2.18. The molecular formula is C22H25N5O3. The monoisotopic (exact) mass is 407 g/mol. The summed E-state index contributed by atoms with van der Waals surface area (Å²) in [6.45, 7) is 2.94. The number of carbonyl (C=O) groups excluding carboxylic acids is 2. The summed E-state index contributed by atoms with van der Waals surface area (Å²) in [4.78, 5) is 26.5. The molecule has 0 atom stereocenters. The Hall–Kier alpha value is -3.39. The topological polar surface area (TPSA) is 88.5 Å². The van der Waals surface area contributed by atoms with Crippen molar-refractivity contribution in [3.05, 3.63) is 59.7 Å². The zero-order chi connectivity index (χ0) is 20.9. The van der Waals surface area contributed by atoms with E-state index in [4.69, 9.17) is 4.74 Å².